The number of hydrogen-bond donors (Lipinski definition) is 2. The van der Waals surface area contributed by atoms with Crippen LogP contribution in [0.3, 0.4) is 0 Å². The van der Waals surface area contributed by atoms with Gasteiger partial charge in [-0.05, 0) is 18.6 Å². The van der Waals surface area contributed by atoms with Gasteiger partial charge in [-0.2, -0.15) is 0 Å². The second kappa shape index (κ2) is 5.13. The molecule has 1 aromatic rings. The van der Waals surface area contributed by atoms with Gasteiger partial charge in [-0.3, -0.25) is 0 Å². The molecule has 1 heterocycles. The molecule has 0 radical (unpaired) electrons. The van der Waals surface area contributed by atoms with Gasteiger partial charge in [0.05, 0.1) is 4.90 Å². The van der Waals surface area contributed by atoms with Crippen LogP contribution < -0.4 is 19.9 Å². The molecular weight excluding hydrogens is 256 g/mol. The van der Waals surface area contributed by atoms with Crippen molar-refractivity contribution in [3.8, 4) is 11.5 Å². The summed E-state index contributed by atoms with van der Waals surface area (Å²) in [4.78, 5) is 0.195. The van der Waals surface area contributed by atoms with Crippen molar-refractivity contribution in [2.45, 2.75) is 11.8 Å². The van der Waals surface area contributed by atoms with Crippen LogP contribution in [0.5, 0.6) is 11.5 Å². The molecule has 0 atom stereocenters. The fourth-order valence-electron chi connectivity index (χ4n) is 1.73. The molecule has 0 saturated carbocycles. The molecule has 0 spiro atoms. The minimum Gasteiger partial charge on any atom is -0.486 e. The topological polar surface area (TPSA) is 90.7 Å². The van der Waals surface area contributed by atoms with E-state index < -0.39 is 10.0 Å². The summed E-state index contributed by atoms with van der Waals surface area (Å²) < 4.78 is 37.3. The summed E-state index contributed by atoms with van der Waals surface area (Å²) >= 11 is 0. The third-order valence-corrected chi connectivity index (χ3v) is 4.17. The minimum atomic E-state index is -3.55. The number of nitrogens with two attached hydrogens (primary N) is 1. The normalized spacial score (nSPS) is 14.6. The molecule has 1 aliphatic rings. The Bertz CT molecular complexity index is 542. The maximum Gasteiger partial charge on any atom is 0.241 e. The van der Waals surface area contributed by atoms with Crippen LogP contribution >= 0.6 is 0 Å². The SMILES string of the molecule is Cc1cc2c(cc1S(=O)(=O)NCCN)OCCO2. The fourth-order valence-corrected chi connectivity index (χ4v) is 3.02. The Morgan fingerprint density at radius 2 is 1.89 bits per heavy atom. The smallest absolute Gasteiger partial charge is 0.241 e. The summed E-state index contributed by atoms with van der Waals surface area (Å²) in [5.41, 5.74) is 5.91. The highest BCUT2D eigenvalue weighted by Gasteiger charge is 2.21. The fraction of sp³-hybridized carbons (Fsp3) is 0.455. The standard InChI is InChI=1S/C11H16N2O4S/c1-8-6-9-10(17-5-4-16-9)7-11(8)18(14,15)13-3-2-12/h6-7,13H,2-5,12H2,1H3. The first-order chi connectivity index (χ1) is 8.54. The van der Waals surface area contributed by atoms with Crippen molar-refractivity contribution in [3.63, 3.8) is 0 Å². The lowest BCUT2D eigenvalue weighted by atomic mass is 10.2. The van der Waals surface area contributed by atoms with Crippen molar-refractivity contribution >= 4 is 10.0 Å². The van der Waals surface area contributed by atoms with Crippen LogP contribution in [0.25, 0.3) is 0 Å². The molecule has 0 fully saturated rings. The zero-order valence-electron chi connectivity index (χ0n) is 10.1. The number of ether oxygens (including phenoxy) is 2. The van der Waals surface area contributed by atoms with E-state index in [4.69, 9.17) is 15.2 Å². The van der Waals surface area contributed by atoms with Crippen LogP contribution in [-0.2, 0) is 10.0 Å². The van der Waals surface area contributed by atoms with Gasteiger partial charge >= 0.3 is 0 Å². The van der Waals surface area contributed by atoms with E-state index >= 15 is 0 Å². The molecule has 7 heteroatoms. The Hall–Kier alpha value is -1.31. The highest BCUT2D eigenvalue weighted by atomic mass is 32.2. The lowest BCUT2D eigenvalue weighted by Crippen LogP contribution is -2.29. The first-order valence-electron chi connectivity index (χ1n) is 5.64. The van der Waals surface area contributed by atoms with Crippen LogP contribution in [0.2, 0.25) is 0 Å². The molecule has 0 amide bonds. The van der Waals surface area contributed by atoms with Gasteiger partial charge in [0.15, 0.2) is 11.5 Å². The molecule has 18 heavy (non-hydrogen) atoms. The molecule has 1 aliphatic heterocycles. The van der Waals surface area contributed by atoms with Crippen molar-refractivity contribution < 1.29 is 17.9 Å². The zero-order valence-corrected chi connectivity index (χ0v) is 10.9. The van der Waals surface area contributed by atoms with Crippen molar-refractivity contribution in [2.75, 3.05) is 26.3 Å². The Morgan fingerprint density at radius 1 is 1.28 bits per heavy atom. The second-order valence-electron chi connectivity index (χ2n) is 3.95. The lowest BCUT2D eigenvalue weighted by Gasteiger charge is -2.20. The second-order valence-corrected chi connectivity index (χ2v) is 5.68. The number of aryl methyl sites for hydroxylation is 1. The molecule has 0 bridgehead atoms. The van der Waals surface area contributed by atoms with E-state index in [0.29, 0.717) is 30.3 Å². The Kier molecular flexibility index (Phi) is 3.74. The third kappa shape index (κ3) is 2.58. The summed E-state index contributed by atoms with van der Waals surface area (Å²) in [7, 11) is -3.55. The predicted molar refractivity (Wildman–Crippen MR) is 66.4 cm³/mol. The van der Waals surface area contributed by atoms with Gasteiger partial charge < -0.3 is 15.2 Å². The maximum absolute atomic E-state index is 12.0. The third-order valence-electron chi connectivity index (χ3n) is 2.57. The molecule has 0 saturated heterocycles. The van der Waals surface area contributed by atoms with E-state index in [1.165, 1.54) is 6.07 Å². The van der Waals surface area contributed by atoms with Gasteiger partial charge in [-0.1, -0.05) is 0 Å². The molecule has 0 aliphatic carbocycles. The van der Waals surface area contributed by atoms with E-state index in [1.54, 1.807) is 13.0 Å². The number of rotatable bonds is 4. The van der Waals surface area contributed by atoms with E-state index in [1.807, 2.05) is 0 Å². The largest absolute Gasteiger partial charge is 0.486 e. The van der Waals surface area contributed by atoms with Crippen LogP contribution in [0.4, 0.5) is 0 Å². The van der Waals surface area contributed by atoms with E-state index in [-0.39, 0.29) is 18.0 Å². The van der Waals surface area contributed by atoms with Crippen LogP contribution in [0, 0.1) is 6.92 Å². The summed E-state index contributed by atoms with van der Waals surface area (Å²) in [6.45, 7) is 3.07. The van der Waals surface area contributed by atoms with Gasteiger partial charge in [0.1, 0.15) is 13.2 Å². The van der Waals surface area contributed by atoms with Crippen molar-refractivity contribution in [3.05, 3.63) is 17.7 Å². The van der Waals surface area contributed by atoms with Gasteiger partial charge in [0, 0.05) is 19.2 Å². The Balaban J connectivity index is 2.39. The molecular formula is C11H16N2O4S. The monoisotopic (exact) mass is 272 g/mol. The van der Waals surface area contributed by atoms with Crippen LogP contribution in [0.15, 0.2) is 17.0 Å². The Morgan fingerprint density at radius 3 is 2.50 bits per heavy atom. The van der Waals surface area contributed by atoms with Crippen LogP contribution in [0.1, 0.15) is 5.56 Å². The molecule has 2 rings (SSSR count). The van der Waals surface area contributed by atoms with Crippen molar-refractivity contribution in [1.82, 2.24) is 4.72 Å². The van der Waals surface area contributed by atoms with Gasteiger partial charge in [-0.15, -0.1) is 0 Å². The zero-order chi connectivity index (χ0) is 13.2. The first kappa shape index (κ1) is 13.1. The van der Waals surface area contributed by atoms with E-state index in [2.05, 4.69) is 4.72 Å². The predicted octanol–water partition coefficient (Wildman–Crippen LogP) is 0.00322. The summed E-state index contributed by atoms with van der Waals surface area (Å²) in [6, 6.07) is 3.16. The van der Waals surface area contributed by atoms with E-state index in [0.717, 1.165) is 0 Å². The Labute approximate surface area is 106 Å². The number of benzene rings is 1. The molecule has 0 aromatic heterocycles. The first-order valence-corrected chi connectivity index (χ1v) is 7.13. The highest BCUT2D eigenvalue weighted by Crippen LogP contribution is 2.34. The number of nitrogens with one attached hydrogen (secondary N) is 1. The van der Waals surface area contributed by atoms with Crippen molar-refractivity contribution in [1.29, 1.82) is 0 Å². The van der Waals surface area contributed by atoms with Crippen molar-refractivity contribution in [2.24, 2.45) is 5.73 Å². The maximum atomic E-state index is 12.0. The molecule has 100 valence electrons. The minimum absolute atomic E-state index is 0.195. The van der Waals surface area contributed by atoms with Gasteiger partial charge in [0.25, 0.3) is 0 Å². The lowest BCUT2D eigenvalue weighted by molar-refractivity contribution is 0.171. The van der Waals surface area contributed by atoms with Crippen LogP contribution in [-0.4, -0.2) is 34.7 Å². The molecule has 0 unspecified atom stereocenters. The molecule has 3 N–H and O–H groups in total. The summed E-state index contributed by atoms with van der Waals surface area (Å²) in [6.07, 6.45) is 0. The molecule has 6 nitrogen and oxygen atoms in total. The number of hydrogen-bond acceptors (Lipinski definition) is 5. The van der Waals surface area contributed by atoms with Gasteiger partial charge in [-0.25, -0.2) is 13.1 Å². The quantitative estimate of drug-likeness (QED) is 0.805. The average molecular weight is 272 g/mol. The average Bonchev–Trinajstić information content (AvgIpc) is 2.35. The molecule has 1 aromatic carbocycles. The number of fused-ring (bicyclic) bond motifs is 1. The van der Waals surface area contributed by atoms with E-state index in [9.17, 15) is 8.42 Å². The summed E-state index contributed by atoms with van der Waals surface area (Å²) in [5, 5.41) is 0. The summed E-state index contributed by atoms with van der Waals surface area (Å²) in [5.74, 6) is 1.04. The van der Waals surface area contributed by atoms with Gasteiger partial charge in [0.2, 0.25) is 10.0 Å². The highest BCUT2D eigenvalue weighted by molar-refractivity contribution is 7.89. The number of sulfonamides is 1.